The number of carbonyl (C=O) groups excluding carboxylic acids is 1. The van der Waals surface area contributed by atoms with E-state index in [0.29, 0.717) is 17.8 Å². The maximum Gasteiger partial charge on any atom is 0.244 e. The van der Waals surface area contributed by atoms with E-state index in [1.54, 1.807) is 34.7 Å². The van der Waals surface area contributed by atoms with Crippen molar-refractivity contribution in [2.24, 2.45) is 7.05 Å². The maximum atomic E-state index is 12.2. The van der Waals surface area contributed by atoms with E-state index in [9.17, 15) is 13.2 Å². The van der Waals surface area contributed by atoms with Gasteiger partial charge in [-0.05, 0) is 20.8 Å². The Labute approximate surface area is 107 Å². The average Bonchev–Trinajstić information content (AvgIpc) is 2.51. The first-order chi connectivity index (χ1) is 8.20. The molecule has 1 unspecified atom stereocenters. The third-order valence-corrected chi connectivity index (χ3v) is 4.67. The number of ketones is 1. The van der Waals surface area contributed by atoms with Crippen molar-refractivity contribution in [3.05, 3.63) is 11.4 Å². The number of aromatic nitrogens is 2. The number of Topliss-reactive ketones (excluding diaryl/α,β-unsaturated/α-hetero) is 1. The summed E-state index contributed by atoms with van der Waals surface area (Å²) < 4.78 is 28.3. The zero-order chi connectivity index (χ0) is 14.1. The van der Waals surface area contributed by atoms with Crippen LogP contribution in [-0.2, 0) is 21.9 Å². The molecule has 0 bridgehead atoms. The largest absolute Gasteiger partial charge is 0.298 e. The lowest BCUT2D eigenvalue weighted by molar-refractivity contribution is -0.119. The number of rotatable bonds is 5. The Balaban J connectivity index is 3.11. The van der Waals surface area contributed by atoms with Crippen molar-refractivity contribution in [3.63, 3.8) is 0 Å². The molecule has 102 valence electrons. The van der Waals surface area contributed by atoms with Crippen LogP contribution >= 0.6 is 0 Å². The first-order valence-electron chi connectivity index (χ1n) is 5.76. The molecule has 0 saturated heterocycles. The Kier molecular flexibility index (Phi) is 4.28. The molecule has 0 aromatic carbocycles. The van der Waals surface area contributed by atoms with Gasteiger partial charge in [0.05, 0.1) is 17.4 Å². The molecule has 1 atom stereocenters. The first kappa shape index (κ1) is 14.8. The molecule has 18 heavy (non-hydrogen) atoms. The number of nitrogens with zero attached hydrogens (tertiary/aromatic N) is 2. The van der Waals surface area contributed by atoms with Gasteiger partial charge in [0.25, 0.3) is 0 Å². The van der Waals surface area contributed by atoms with Crippen LogP contribution in [0.1, 0.15) is 31.7 Å². The van der Waals surface area contributed by atoms with Crippen LogP contribution in [0.15, 0.2) is 4.90 Å². The van der Waals surface area contributed by atoms with E-state index in [-0.39, 0.29) is 10.7 Å². The molecule has 0 spiro atoms. The summed E-state index contributed by atoms with van der Waals surface area (Å²) >= 11 is 0. The SMILES string of the molecule is CCC(=O)C(C)NS(=O)(=O)c1c(C)nn(C)c1C. The molecule has 6 nitrogen and oxygen atoms in total. The van der Waals surface area contributed by atoms with Crippen LogP contribution in [0.3, 0.4) is 0 Å². The van der Waals surface area contributed by atoms with Crippen molar-refractivity contribution >= 4 is 15.8 Å². The smallest absolute Gasteiger partial charge is 0.244 e. The van der Waals surface area contributed by atoms with Crippen LogP contribution in [-0.4, -0.2) is 30.0 Å². The maximum absolute atomic E-state index is 12.2. The molecule has 1 aromatic rings. The summed E-state index contributed by atoms with van der Waals surface area (Å²) in [4.78, 5) is 11.6. The lowest BCUT2D eigenvalue weighted by atomic mass is 10.2. The molecule has 0 amide bonds. The van der Waals surface area contributed by atoms with Gasteiger partial charge < -0.3 is 0 Å². The van der Waals surface area contributed by atoms with Crippen molar-refractivity contribution in [1.29, 1.82) is 0 Å². The van der Waals surface area contributed by atoms with Crippen molar-refractivity contribution in [1.82, 2.24) is 14.5 Å². The van der Waals surface area contributed by atoms with Crippen molar-refractivity contribution in [3.8, 4) is 0 Å². The van der Waals surface area contributed by atoms with Crippen LogP contribution in [0.4, 0.5) is 0 Å². The Morgan fingerprint density at radius 3 is 2.39 bits per heavy atom. The predicted molar refractivity (Wildman–Crippen MR) is 67.8 cm³/mol. The predicted octanol–water partition coefficient (Wildman–Crippen LogP) is 0.683. The van der Waals surface area contributed by atoms with Gasteiger partial charge in [-0.15, -0.1) is 0 Å². The lowest BCUT2D eigenvalue weighted by Crippen LogP contribution is -2.38. The molecule has 1 aromatic heterocycles. The summed E-state index contributed by atoms with van der Waals surface area (Å²) in [5.74, 6) is -0.141. The van der Waals surface area contributed by atoms with E-state index in [2.05, 4.69) is 9.82 Å². The number of hydrogen-bond acceptors (Lipinski definition) is 4. The molecular weight excluding hydrogens is 254 g/mol. The second-order valence-corrected chi connectivity index (χ2v) is 5.94. The van der Waals surface area contributed by atoms with E-state index in [1.807, 2.05) is 0 Å². The summed E-state index contributed by atoms with van der Waals surface area (Å²) in [5, 5.41) is 4.06. The average molecular weight is 273 g/mol. The fourth-order valence-corrected chi connectivity index (χ4v) is 3.47. The summed E-state index contributed by atoms with van der Waals surface area (Å²) in [6, 6.07) is -0.723. The summed E-state index contributed by atoms with van der Waals surface area (Å²) in [7, 11) is -2.03. The molecule has 0 fully saturated rings. The highest BCUT2D eigenvalue weighted by atomic mass is 32.2. The summed E-state index contributed by atoms with van der Waals surface area (Å²) in [5.41, 5.74) is 0.981. The van der Waals surface area contributed by atoms with Gasteiger partial charge in [-0.25, -0.2) is 13.1 Å². The topological polar surface area (TPSA) is 81.1 Å². The summed E-state index contributed by atoms with van der Waals surface area (Å²) in [6.07, 6.45) is 0.300. The molecule has 7 heteroatoms. The zero-order valence-electron chi connectivity index (χ0n) is 11.3. The molecule has 1 rings (SSSR count). The highest BCUT2D eigenvalue weighted by Gasteiger charge is 2.26. The van der Waals surface area contributed by atoms with Crippen molar-refractivity contribution < 1.29 is 13.2 Å². The minimum absolute atomic E-state index is 0.141. The standard InChI is InChI=1S/C11H19N3O3S/c1-6-10(15)7(2)13-18(16,17)11-8(3)12-14(5)9(11)4/h7,13H,6H2,1-5H3. The third-order valence-electron chi connectivity index (χ3n) is 2.87. The lowest BCUT2D eigenvalue weighted by Gasteiger charge is -2.12. The van der Waals surface area contributed by atoms with Gasteiger partial charge in [0, 0.05) is 13.5 Å². The molecule has 0 aliphatic rings. The molecule has 0 saturated carbocycles. The first-order valence-corrected chi connectivity index (χ1v) is 7.24. The van der Waals surface area contributed by atoms with Gasteiger partial charge in [-0.1, -0.05) is 6.92 Å². The highest BCUT2D eigenvalue weighted by Crippen LogP contribution is 2.18. The van der Waals surface area contributed by atoms with Gasteiger partial charge in [0.15, 0.2) is 0 Å². The number of sulfonamides is 1. The molecular formula is C11H19N3O3S. The number of aryl methyl sites for hydroxylation is 2. The Morgan fingerprint density at radius 1 is 1.44 bits per heavy atom. The van der Waals surface area contributed by atoms with E-state index < -0.39 is 16.1 Å². The molecule has 0 aliphatic carbocycles. The quantitative estimate of drug-likeness (QED) is 0.855. The monoisotopic (exact) mass is 273 g/mol. The van der Waals surface area contributed by atoms with Crippen LogP contribution in [0.2, 0.25) is 0 Å². The molecule has 1 heterocycles. The second-order valence-electron chi connectivity index (χ2n) is 4.29. The second kappa shape index (κ2) is 5.19. The molecule has 0 aliphatic heterocycles. The highest BCUT2D eigenvalue weighted by molar-refractivity contribution is 7.89. The minimum Gasteiger partial charge on any atom is -0.298 e. The van der Waals surface area contributed by atoms with Gasteiger partial charge in [0.2, 0.25) is 10.0 Å². The van der Waals surface area contributed by atoms with Crippen molar-refractivity contribution in [2.45, 2.75) is 45.1 Å². The Hall–Kier alpha value is -1.21. The third kappa shape index (κ3) is 2.78. The van der Waals surface area contributed by atoms with Gasteiger partial charge >= 0.3 is 0 Å². The van der Waals surface area contributed by atoms with Crippen LogP contribution < -0.4 is 4.72 Å². The zero-order valence-corrected chi connectivity index (χ0v) is 12.1. The Bertz CT molecular complexity index is 560. The summed E-state index contributed by atoms with van der Waals surface area (Å²) in [6.45, 7) is 6.56. The van der Waals surface area contributed by atoms with Crippen LogP contribution in [0.25, 0.3) is 0 Å². The molecule has 0 radical (unpaired) electrons. The normalized spacial score (nSPS) is 13.6. The fraction of sp³-hybridized carbons (Fsp3) is 0.636. The number of nitrogens with one attached hydrogen (secondary N) is 1. The van der Waals surface area contributed by atoms with Crippen LogP contribution in [0, 0.1) is 13.8 Å². The molecule has 1 N–H and O–H groups in total. The Morgan fingerprint density at radius 2 is 2.00 bits per heavy atom. The fourth-order valence-electron chi connectivity index (χ4n) is 1.81. The van der Waals surface area contributed by atoms with E-state index in [0.717, 1.165) is 0 Å². The van der Waals surface area contributed by atoms with E-state index in [1.165, 1.54) is 4.68 Å². The van der Waals surface area contributed by atoms with Gasteiger partial charge in [-0.3, -0.25) is 9.48 Å². The van der Waals surface area contributed by atoms with Gasteiger partial charge in [-0.2, -0.15) is 5.10 Å². The van der Waals surface area contributed by atoms with E-state index >= 15 is 0 Å². The van der Waals surface area contributed by atoms with E-state index in [4.69, 9.17) is 0 Å². The van der Waals surface area contributed by atoms with Gasteiger partial charge in [0.1, 0.15) is 10.7 Å². The minimum atomic E-state index is -3.71. The van der Waals surface area contributed by atoms with Crippen LogP contribution in [0.5, 0.6) is 0 Å². The number of carbonyl (C=O) groups is 1. The van der Waals surface area contributed by atoms with Crippen molar-refractivity contribution in [2.75, 3.05) is 0 Å². The number of hydrogen-bond donors (Lipinski definition) is 1.